The lowest BCUT2D eigenvalue weighted by molar-refractivity contribution is -0.138. The smallest absolute Gasteiger partial charge is 0.305 e. The van der Waals surface area contributed by atoms with Gasteiger partial charge in [0.05, 0.1) is 30.8 Å². The van der Waals surface area contributed by atoms with Crippen LogP contribution in [0.4, 0.5) is 0 Å². The van der Waals surface area contributed by atoms with E-state index in [2.05, 4.69) is 47.4 Å². The summed E-state index contributed by atoms with van der Waals surface area (Å²) in [7, 11) is 1.54. The lowest BCUT2D eigenvalue weighted by atomic mass is 10.2. The minimum Gasteiger partial charge on any atom is -0.492 e. The van der Waals surface area contributed by atoms with Crippen LogP contribution in [-0.2, 0) is 9.59 Å². The number of hydrogen-bond acceptors (Lipinski definition) is 7. The highest BCUT2D eigenvalue weighted by atomic mass is 79.9. The van der Waals surface area contributed by atoms with Crippen molar-refractivity contribution < 1.29 is 24.2 Å². The SMILES string of the molecule is CCOc1cc(C=NN=C2NC(=O)C(CC(=O)O)S2)c(Br)c(Br)c1OC. The number of thioether (sulfide) groups is 1. The van der Waals surface area contributed by atoms with Gasteiger partial charge in [-0.05, 0) is 44.8 Å². The van der Waals surface area contributed by atoms with Crippen molar-refractivity contribution in [3.8, 4) is 11.5 Å². The largest absolute Gasteiger partial charge is 0.492 e. The molecule has 1 heterocycles. The molecule has 1 aromatic rings. The van der Waals surface area contributed by atoms with E-state index in [4.69, 9.17) is 14.6 Å². The van der Waals surface area contributed by atoms with Crippen molar-refractivity contribution in [2.24, 2.45) is 10.2 Å². The quantitative estimate of drug-likeness (QED) is 0.432. The molecule has 0 radical (unpaired) electrons. The van der Waals surface area contributed by atoms with Crippen molar-refractivity contribution in [1.29, 1.82) is 0 Å². The van der Waals surface area contributed by atoms with Crippen LogP contribution in [0.5, 0.6) is 11.5 Å². The van der Waals surface area contributed by atoms with Crippen LogP contribution in [-0.4, -0.2) is 47.3 Å². The van der Waals surface area contributed by atoms with E-state index in [1.165, 1.54) is 6.21 Å². The van der Waals surface area contributed by atoms with Gasteiger partial charge in [0.2, 0.25) is 5.91 Å². The van der Waals surface area contributed by atoms with E-state index in [1.54, 1.807) is 13.2 Å². The van der Waals surface area contributed by atoms with Crippen LogP contribution in [0.1, 0.15) is 18.9 Å². The molecule has 2 N–H and O–H groups in total. The average molecular weight is 509 g/mol. The summed E-state index contributed by atoms with van der Waals surface area (Å²) in [6.45, 7) is 2.33. The van der Waals surface area contributed by atoms with E-state index >= 15 is 0 Å². The summed E-state index contributed by atoms with van der Waals surface area (Å²) in [6, 6.07) is 1.74. The number of rotatable bonds is 7. The monoisotopic (exact) mass is 507 g/mol. The molecule has 0 spiro atoms. The standard InChI is InChI=1S/C15H15Br2N3O5S/c1-3-25-8-4-7(11(16)12(17)13(8)24-2)6-18-20-15-19-14(23)9(26-15)5-10(21)22/h4,6,9H,3,5H2,1-2H3,(H,21,22)(H,19,20,23). The number of aliphatic carboxylic acids is 1. The molecule has 1 aromatic carbocycles. The topological polar surface area (TPSA) is 110 Å². The Hall–Kier alpha value is -1.59. The minimum absolute atomic E-state index is 0.256. The third-order valence-corrected chi connectivity index (χ3v) is 6.36. The lowest BCUT2D eigenvalue weighted by Crippen LogP contribution is -2.26. The second kappa shape index (κ2) is 9.38. The van der Waals surface area contributed by atoms with Crippen molar-refractivity contribution >= 4 is 66.9 Å². The summed E-state index contributed by atoms with van der Waals surface area (Å²) in [4.78, 5) is 22.4. The fourth-order valence-corrected chi connectivity index (χ4v) is 3.94. The first-order chi connectivity index (χ1) is 12.4. The maximum Gasteiger partial charge on any atom is 0.305 e. The maximum atomic E-state index is 11.7. The molecule has 8 nitrogen and oxygen atoms in total. The predicted octanol–water partition coefficient (Wildman–Crippen LogP) is 3.02. The van der Waals surface area contributed by atoms with Gasteiger partial charge in [0.1, 0.15) is 5.25 Å². The van der Waals surface area contributed by atoms with Crippen molar-refractivity contribution in [2.45, 2.75) is 18.6 Å². The van der Waals surface area contributed by atoms with Gasteiger partial charge >= 0.3 is 5.97 Å². The summed E-state index contributed by atoms with van der Waals surface area (Å²) >= 11 is 7.93. The Bertz CT molecular complexity index is 785. The number of carboxylic acid groups (broad SMARTS) is 1. The molecule has 1 atom stereocenters. The van der Waals surface area contributed by atoms with E-state index in [9.17, 15) is 9.59 Å². The number of amidine groups is 1. The Morgan fingerprint density at radius 2 is 2.19 bits per heavy atom. The molecular weight excluding hydrogens is 494 g/mol. The maximum absolute atomic E-state index is 11.7. The number of amides is 1. The molecule has 2 rings (SSSR count). The number of methoxy groups -OCH3 is 1. The number of nitrogens with one attached hydrogen (secondary N) is 1. The second-order valence-electron chi connectivity index (χ2n) is 4.90. The van der Waals surface area contributed by atoms with Crippen LogP contribution in [0, 0.1) is 0 Å². The van der Waals surface area contributed by atoms with E-state index in [-0.39, 0.29) is 11.6 Å². The number of carbonyl (C=O) groups excluding carboxylic acids is 1. The van der Waals surface area contributed by atoms with Gasteiger partial charge in [-0.15, -0.1) is 5.10 Å². The summed E-state index contributed by atoms with van der Waals surface area (Å²) in [5, 5.41) is 18.7. The highest BCUT2D eigenvalue weighted by Gasteiger charge is 2.32. The number of carboxylic acids is 1. The number of halogens is 2. The van der Waals surface area contributed by atoms with Crippen LogP contribution < -0.4 is 14.8 Å². The van der Waals surface area contributed by atoms with Gasteiger partial charge in [-0.1, -0.05) is 11.8 Å². The zero-order valence-electron chi connectivity index (χ0n) is 13.8. The molecular formula is C15H15Br2N3O5S. The van der Waals surface area contributed by atoms with Crippen molar-refractivity contribution in [1.82, 2.24) is 5.32 Å². The van der Waals surface area contributed by atoms with Crippen LogP contribution in [0.2, 0.25) is 0 Å². The molecule has 140 valence electrons. The predicted molar refractivity (Wildman–Crippen MR) is 106 cm³/mol. The second-order valence-corrected chi connectivity index (χ2v) is 7.68. The Labute approximate surface area is 170 Å². The molecule has 1 fully saturated rings. The zero-order valence-corrected chi connectivity index (χ0v) is 17.8. The first-order valence-corrected chi connectivity index (χ1v) is 9.83. The summed E-state index contributed by atoms with van der Waals surface area (Å²) in [5.74, 6) is -0.335. The van der Waals surface area contributed by atoms with Crippen molar-refractivity contribution in [3.63, 3.8) is 0 Å². The van der Waals surface area contributed by atoms with E-state index in [1.807, 2.05) is 6.92 Å². The van der Waals surface area contributed by atoms with Crippen molar-refractivity contribution in [3.05, 3.63) is 20.6 Å². The molecule has 1 saturated heterocycles. The van der Waals surface area contributed by atoms with Gasteiger partial charge in [0.25, 0.3) is 0 Å². The van der Waals surface area contributed by atoms with E-state index in [0.29, 0.717) is 32.6 Å². The Balaban J connectivity index is 2.20. The molecule has 1 aliphatic rings. The number of benzene rings is 1. The highest BCUT2D eigenvalue weighted by molar-refractivity contribution is 9.13. The molecule has 0 aliphatic carbocycles. The third-order valence-electron chi connectivity index (χ3n) is 3.14. The van der Waals surface area contributed by atoms with Gasteiger partial charge in [-0.2, -0.15) is 5.10 Å². The normalized spacial score (nSPS) is 18.4. The first kappa shape index (κ1) is 20.7. The van der Waals surface area contributed by atoms with Gasteiger partial charge in [0.15, 0.2) is 16.7 Å². The molecule has 0 saturated carbocycles. The Morgan fingerprint density at radius 1 is 1.46 bits per heavy atom. The average Bonchev–Trinajstić information content (AvgIpc) is 2.91. The van der Waals surface area contributed by atoms with Gasteiger partial charge < -0.3 is 19.9 Å². The van der Waals surface area contributed by atoms with Gasteiger partial charge in [-0.25, -0.2) is 0 Å². The lowest BCUT2D eigenvalue weighted by Gasteiger charge is -2.13. The molecule has 1 unspecified atom stereocenters. The third kappa shape index (κ3) is 4.98. The number of hydrogen-bond donors (Lipinski definition) is 2. The fourth-order valence-electron chi connectivity index (χ4n) is 2.04. The van der Waals surface area contributed by atoms with E-state index < -0.39 is 17.1 Å². The molecule has 1 aliphatic heterocycles. The summed E-state index contributed by atoms with van der Waals surface area (Å²) in [5.41, 5.74) is 0.682. The molecule has 0 aromatic heterocycles. The van der Waals surface area contributed by atoms with Crippen LogP contribution in [0.3, 0.4) is 0 Å². The van der Waals surface area contributed by atoms with Crippen molar-refractivity contribution in [2.75, 3.05) is 13.7 Å². The fraction of sp³-hybridized carbons (Fsp3) is 0.333. The number of carbonyl (C=O) groups is 2. The summed E-state index contributed by atoms with van der Waals surface area (Å²) in [6.07, 6.45) is 1.22. The molecule has 1 amide bonds. The van der Waals surface area contributed by atoms with Gasteiger partial charge in [0, 0.05) is 10.0 Å². The number of nitrogens with zero attached hydrogens (tertiary/aromatic N) is 2. The van der Waals surface area contributed by atoms with Crippen LogP contribution >= 0.6 is 43.6 Å². The van der Waals surface area contributed by atoms with E-state index in [0.717, 1.165) is 11.8 Å². The van der Waals surface area contributed by atoms with Gasteiger partial charge in [-0.3, -0.25) is 9.59 Å². The molecule has 0 bridgehead atoms. The highest BCUT2D eigenvalue weighted by Crippen LogP contribution is 2.42. The minimum atomic E-state index is -1.04. The Morgan fingerprint density at radius 3 is 2.81 bits per heavy atom. The summed E-state index contributed by atoms with van der Waals surface area (Å²) < 4.78 is 12.3. The van der Waals surface area contributed by atoms with Crippen LogP contribution in [0.25, 0.3) is 0 Å². The first-order valence-electron chi connectivity index (χ1n) is 7.36. The zero-order chi connectivity index (χ0) is 19.3. The van der Waals surface area contributed by atoms with Crippen LogP contribution in [0.15, 0.2) is 25.2 Å². The molecule has 11 heteroatoms. The number of ether oxygens (including phenoxy) is 2. The Kier molecular flexibility index (Phi) is 7.47. The molecule has 26 heavy (non-hydrogen) atoms.